The largest absolute Gasteiger partial charge is 0.449 e. The lowest BCUT2D eigenvalue weighted by atomic mass is 10.1. The van der Waals surface area contributed by atoms with Crippen LogP contribution >= 0.6 is 0 Å². The highest BCUT2D eigenvalue weighted by molar-refractivity contribution is 6.97. The van der Waals surface area contributed by atoms with E-state index in [0.29, 0.717) is 0 Å². The van der Waals surface area contributed by atoms with E-state index in [1.807, 2.05) is 0 Å². The Bertz CT molecular complexity index is 4130. The maximum absolute atomic E-state index is 7.72. The van der Waals surface area contributed by atoms with Gasteiger partial charge in [0, 0.05) is 65.8 Å². The Hall–Kier alpha value is -8.21. The Morgan fingerprint density at radius 1 is 0.239 bits per heavy atom. The molecule has 0 radical (unpaired) electrons. The van der Waals surface area contributed by atoms with Crippen LogP contribution < -0.4 is 10.4 Å². The summed E-state index contributed by atoms with van der Waals surface area (Å²) in [5.74, 6) is 0. The van der Waals surface area contributed by atoms with E-state index in [9.17, 15) is 0 Å². The third kappa shape index (κ3) is 6.40. The number of nitrogens with zero attached hydrogens (tertiary/aromatic N) is 4. The normalized spacial score (nSPS) is 12.6. The van der Waals surface area contributed by atoms with E-state index < -0.39 is 16.6 Å². The predicted molar refractivity (Wildman–Crippen MR) is 306 cm³/mol. The van der Waals surface area contributed by atoms with Gasteiger partial charge in [-0.2, -0.15) is 0 Å². The first-order valence-electron chi connectivity index (χ1n) is 24.7. The van der Waals surface area contributed by atoms with Crippen molar-refractivity contribution in [1.82, 2.24) is 18.3 Å². The van der Waals surface area contributed by atoms with Crippen molar-refractivity contribution in [2.45, 2.75) is 26.2 Å². The van der Waals surface area contributed by atoms with Crippen LogP contribution in [0.2, 0.25) is 26.2 Å². The molecule has 0 fully saturated rings. The number of fused-ring (bicyclic) bond motifs is 12. The quantitative estimate of drug-likeness (QED) is 0.140. The van der Waals surface area contributed by atoms with Crippen LogP contribution in [0.5, 0.6) is 0 Å². The zero-order valence-electron chi connectivity index (χ0n) is 40.1. The summed E-state index contributed by atoms with van der Waals surface area (Å²) < 4.78 is 17.5. The van der Waals surface area contributed by atoms with Gasteiger partial charge in [-0.25, -0.2) is 0 Å². The van der Waals surface area contributed by atoms with Crippen LogP contribution in [-0.4, -0.2) is 34.9 Å². The number of aromatic nitrogens is 4. The Morgan fingerprint density at radius 2 is 0.507 bits per heavy atom. The van der Waals surface area contributed by atoms with Crippen molar-refractivity contribution < 1.29 is 4.12 Å². The molecule has 0 spiro atoms. The summed E-state index contributed by atoms with van der Waals surface area (Å²) in [6.45, 7) is 9.57. The molecule has 0 atom stereocenters. The van der Waals surface area contributed by atoms with Gasteiger partial charge in [0.15, 0.2) is 0 Å². The van der Waals surface area contributed by atoms with Gasteiger partial charge in [-0.3, -0.25) is 0 Å². The number of hydrogen-bond donors (Lipinski definition) is 0. The topological polar surface area (TPSA) is 28.9 Å². The molecule has 0 N–H and O–H groups in total. The molecular formula is C64H50N4OSi2. The van der Waals surface area contributed by atoms with Crippen LogP contribution in [0.15, 0.2) is 231 Å². The molecule has 14 rings (SSSR count). The van der Waals surface area contributed by atoms with Gasteiger partial charge in [0.1, 0.15) is 0 Å². The van der Waals surface area contributed by atoms with Gasteiger partial charge in [-0.05, 0) is 134 Å². The van der Waals surface area contributed by atoms with Crippen molar-refractivity contribution in [2.75, 3.05) is 0 Å². The SMILES string of the molecule is C[Si](C)(O[Si](C)(C)c1ccc2c(c1)c1cc3c4ccccc4n(-c4ccccc4)c3cc1n2-c1ccccc1)c1ccc2c(c1)c1cc3c4ccccc4n(-c4ccccc4)c3cc1n2-c1ccccc1. The average Bonchev–Trinajstić information content (AvgIpc) is 4.12. The van der Waals surface area contributed by atoms with Gasteiger partial charge >= 0.3 is 0 Å². The zero-order chi connectivity index (χ0) is 47.6. The summed E-state index contributed by atoms with van der Waals surface area (Å²) >= 11 is 0. The Morgan fingerprint density at radius 3 is 0.845 bits per heavy atom. The maximum atomic E-state index is 7.72. The summed E-state index contributed by atoms with van der Waals surface area (Å²) in [5, 5.41) is 12.6. The molecule has 4 aromatic heterocycles. The van der Waals surface area contributed by atoms with E-state index in [1.165, 1.54) is 97.6 Å². The smallest absolute Gasteiger partial charge is 0.206 e. The van der Waals surface area contributed by atoms with Gasteiger partial charge in [0.25, 0.3) is 0 Å². The third-order valence-electron chi connectivity index (χ3n) is 15.1. The van der Waals surface area contributed by atoms with E-state index in [4.69, 9.17) is 4.12 Å². The summed E-state index contributed by atoms with van der Waals surface area (Å²) in [6, 6.07) is 84.8. The predicted octanol–water partition coefficient (Wildman–Crippen LogP) is 15.6. The summed E-state index contributed by atoms with van der Waals surface area (Å²) in [7, 11) is -5.07. The highest BCUT2D eigenvalue weighted by atomic mass is 28.4. The molecule has 0 bridgehead atoms. The third-order valence-corrected chi connectivity index (χ3v) is 22.6. The van der Waals surface area contributed by atoms with E-state index in [-0.39, 0.29) is 0 Å². The van der Waals surface area contributed by atoms with Crippen LogP contribution in [0.4, 0.5) is 0 Å². The number of para-hydroxylation sites is 6. The highest BCUT2D eigenvalue weighted by Crippen LogP contribution is 2.42. The minimum absolute atomic E-state index is 1.15. The molecule has 5 nitrogen and oxygen atoms in total. The fourth-order valence-electron chi connectivity index (χ4n) is 11.9. The molecule has 0 unspecified atom stereocenters. The second kappa shape index (κ2) is 15.7. The van der Waals surface area contributed by atoms with Gasteiger partial charge in [-0.15, -0.1) is 0 Å². The Labute approximate surface area is 413 Å². The minimum Gasteiger partial charge on any atom is -0.449 e. The first-order chi connectivity index (χ1) is 34.7. The van der Waals surface area contributed by atoms with E-state index >= 15 is 0 Å². The lowest BCUT2D eigenvalue weighted by Gasteiger charge is -2.34. The van der Waals surface area contributed by atoms with Crippen LogP contribution in [0.25, 0.3) is 110 Å². The van der Waals surface area contributed by atoms with Gasteiger partial charge < -0.3 is 22.4 Å². The molecule has 0 aliphatic heterocycles. The Kier molecular flexibility index (Phi) is 9.20. The highest BCUT2D eigenvalue weighted by Gasteiger charge is 2.37. The fourth-order valence-corrected chi connectivity index (χ4v) is 19.9. The van der Waals surface area contributed by atoms with Gasteiger partial charge in [0.2, 0.25) is 16.6 Å². The van der Waals surface area contributed by atoms with Crippen molar-refractivity contribution in [1.29, 1.82) is 0 Å². The van der Waals surface area contributed by atoms with Crippen LogP contribution in [0.1, 0.15) is 0 Å². The van der Waals surface area contributed by atoms with Crippen LogP contribution in [0, 0.1) is 0 Å². The lowest BCUT2D eigenvalue weighted by molar-refractivity contribution is 0.573. The molecule has 0 saturated heterocycles. The average molecular weight is 947 g/mol. The monoisotopic (exact) mass is 946 g/mol. The molecule has 7 heteroatoms. The molecule has 14 aromatic rings. The molecular weight excluding hydrogens is 897 g/mol. The minimum atomic E-state index is -2.53. The van der Waals surface area contributed by atoms with Gasteiger partial charge in [-0.1, -0.05) is 133 Å². The van der Waals surface area contributed by atoms with Crippen molar-refractivity contribution >= 4 is 114 Å². The second-order valence-electron chi connectivity index (χ2n) is 20.1. The number of hydrogen-bond acceptors (Lipinski definition) is 1. The molecule has 0 aliphatic rings. The second-order valence-corrected chi connectivity index (χ2v) is 28.1. The Balaban J connectivity index is 0.919. The number of rotatable bonds is 8. The molecule has 0 aliphatic carbocycles. The maximum Gasteiger partial charge on any atom is 0.206 e. The summed E-state index contributed by atoms with van der Waals surface area (Å²) in [6.07, 6.45) is 0. The van der Waals surface area contributed by atoms with Crippen molar-refractivity contribution in [3.05, 3.63) is 231 Å². The zero-order valence-corrected chi connectivity index (χ0v) is 42.1. The molecule has 4 heterocycles. The first kappa shape index (κ1) is 41.7. The molecule has 71 heavy (non-hydrogen) atoms. The molecule has 0 amide bonds. The molecule has 0 saturated carbocycles. The van der Waals surface area contributed by atoms with E-state index in [1.54, 1.807) is 0 Å². The van der Waals surface area contributed by atoms with E-state index in [0.717, 1.165) is 22.7 Å². The van der Waals surface area contributed by atoms with Crippen molar-refractivity contribution in [3.8, 4) is 22.7 Å². The fraction of sp³-hybridized carbons (Fsp3) is 0.0625. The lowest BCUT2D eigenvalue weighted by Crippen LogP contribution is -2.57. The van der Waals surface area contributed by atoms with E-state index in [2.05, 4.69) is 275 Å². The summed E-state index contributed by atoms with van der Waals surface area (Å²) in [5.41, 5.74) is 14.2. The number of benzene rings is 10. The first-order valence-corrected chi connectivity index (χ1v) is 30.5. The molecule has 340 valence electrons. The standard InChI is InChI=1S/C64H50N4OSi2/c1-70(2,47-33-35-59-51(37-47)55-39-53-49-29-17-19-31-57(49)65(43-21-9-5-10-22-43)61(53)41-63(55)67(59)45-25-13-7-14-26-45)69-71(3,4)48-34-36-60-52(38-48)56-40-54-50-30-18-20-32-58(50)66(44-23-11-6-12-24-44)62(54)42-64(56)68(60)46-27-15-8-16-28-46/h5-42H,1-4H3. The van der Waals surface area contributed by atoms with Crippen molar-refractivity contribution in [2.24, 2.45) is 0 Å². The summed E-state index contributed by atoms with van der Waals surface area (Å²) in [4.78, 5) is 0. The van der Waals surface area contributed by atoms with Crippen LogP contribution in [0.3, 0.4) is 0 Å². The molecule has 10 aromatic carbocycles. The van der Waals surface area contributed by atoms with Gasteiger partial charge in [0.05, 0.1) is 44.1 Å². The van der Waals surface area contributed by atoms with Crippen molar-refractivity contribution in [3.63, 3.8) is 0 Å². The van der Waals surface area contributed by atoms with Crippen LogP contribution in [-0.2, 0) is 4.12 Å².